The smallest absolute Gasteiger partial charge is 0.205 e. The van der Waals surface area contributed by atoms with Gasteiger partial charge in [-0.3, -0.25) is 9.20 Å². The van der Waals surface area contributed by atoms with Crippen molar-refractivity contribution >= 4 is 28.3 Å². The van der Waals surface area contributed by atoms with Crippen LogP contribution in [-0.2, 0) is 4.79 Å². The van der Waals surface area contributed by atoms with Crippen LogP contribution in [0.2, 0.25) is 0 Å². The topological polar surface area (TPSA) is 99.9 Å². The van der Waals surface area contributed by atoms with Crippen LogP contribution in [0, 0.1) is 12.8 Å². The van der Waals surface area contributed by atoms with Gasteiger partial charge in [0.2, 0.25) is 11.4 Å². The standard InChI is InChI=1S/C23H33N5O4/c1-14(2)12-16(29)10-8-7-9-11-24-22-23-27-26-15(3)28(23)17-13-18(30-4)20(31-5)21(32-6)19(17)25-22/h13-14H,7-12H2,1-6H3,(H,24,25). The van der Waals surface area contributed by atoms with E-state index < -0.39 is 0 Å². The van der Waals surface area contributed by atoms with Gasteiger partial charge in [-0.15, -0.1) is 10.2 Å². The fraction of sp³-hybridized carbons (Fsp3) is 0.565. The number of ether oxygens (including phenoxy) is 3. The van der Waals surface area contributed by atoms with Gasteiger partial charge >= 0.3 is 0 Å². The van der Waals surface area contributed by atoms with E-state index >= 15 is 0 Å². The number of anilines is 1. The Balaban J connectivity index is 1.82. The molecule has 2 aromatic heterocycles. The number of hydrogen-bond donors (Lipinski definition) is 1. The van der Waals surface area contributed by atoms with Gasteiger partial charge in [0.25, 0.3) is 0 Å². The second-order valence-electron chi connectivity index (χ2n) is 8.25. The third-order valence-electron chi connectivity index (χ3n) is 5.35. The normalized spacial score (nSPS) is 11.3. The van der Waals surface area contributed by atoms with Crippen LogP contribution in [0.25, 0.3) is 16.7 Å². The van der Waals surface area contributed by atoms with Crippen LogP contribution in [0.5, 0.6) is 17.2 Å². The lowest BCUT2D eigenvalue weighted by Gasteiger charge is -2.16. The number of nitrogens with zero attached hydrogens (tertiary/aromatic N) is 4. The van der Waals surface area contributed by atoms with E-state index in [1.807, 2.05) is 17.4 Å². The quantitative estimate of drug-likeness (QED) is 0.416. The summed E-state index contributed by atoms with van der Waals surface area (Å²) in [6.07, 6.45) is 4.12. The number of rotatable bonds is 12. The van der Waals surface area contributed by atoms with Gasteiger partial charge in [0.05, 0.1) is 26.8 Å². The van der Waals surface area contributed by atoms with E-state index in [1.54, 1.807) is 21.3 Å². The van der Waals surface area contributed by atoms with Gasteiger partial charge in [0.1, 0.15) is 17.1 Å². The van der Waals surface area contributed by atoms with Crippen LogP contribution >= 0.6 is 0 Å². The number of fused-ring (bicyclic) bond motifs is 3. The number of benzene rings is 1. The molecular weight excluding hydrogens is 410 g/mol. The highest BCUT2D eigenvalue weighted by molar-refractivity contribution is 5.91. The molecule has 0 atom stereocenters. The van der Waals surface area contributed by atoms with Crippen LogP contribution in [-0.4, -0.2) is 53.2 Å². The molecule has 2 heterocycles. The number of nitrogens with one attached hydrogen (secondary N) is 1. The lowest BCUT2D eigenvalue weighted by Crippen LogP contribution is -2.08. The zero-order valence-electron chi connectivity index (χ0n) is 19.8. The fourth-order valence-corrected chi connectivity index (χ4v) is 3.88. The van der Waals surface area contributed by atoms with Crippen LogP contribution < -0.4 is 19.5 Å². The first-order valence-electron chi connectivity index (χ1n) is 11.0. The minimum Gasteiger partial charge on any atom is -0.493 e. The summed E-state index contributed by atoms with van der Waals surface area (Å²) in [6, 6.07) is 1.85. The Hall–Kier alpha value is -3.10. The molecule has 1 aromatic carbocycles. The fourth-order valence-electron chi connectivity index (χ4n) is 3.88. The molecule has 0 unspecified atom stereocenters. The molecule has 0 saturated carbocycles. The van der Waals surface area contributed by atoms with Crippen LogP contribution in [0.1, 0.15) is 51.8 Å². The average molecular weight is 444 g/mol. The zero-order valence-corrected chi connectivity index (χ0v) is 19.8. The van der Waals surface area contributed by atoms with Crippen LogP contribution in [0.3, 0.4) is 0 Å². The van der Waals surface area contributed by atoms with Crippen molar-refractivity contribution in [3.63, 3.8) is 0 Å². The maximum Gasteiger partial charge on any atom is 0.205 e. The largest absolute Gasteiger partial charge is 0.493 e. The number of Topliss-reactive ketones (excluding diaryl/α,β-unsaturated/α-hetero) is 1. The summed E-state index contributed by atoms with van der Waals surface area (Å²) in [5.74, 6) is 3.64. The molecule has 0 fully saturated rings. The Bertz CT molecular complexity index is 1090. The highest BCUT2D eigenvalue weighted by Crippen LogP contribution is 2.43. The molecule has 0 saturated heterocycles. The first kappa shape index (κ1) is 23.6. The van der Waals surface area contributed by atoms with Gasteiger partial charge in [-0.05, 0) is 25.7 Å². The third kappa shape index (κ3) is 4.87. The summed E-state index contributed by atoms with van der Waals surface area (Å²) in [6.45, 7) is 6.76. The number of carbonyl (C=O) groups is 1. The predicted octanol–water partition coefficient (Wildman–Crippen LogP) is 4.20. The Labute approximate surface area is 188 Å². The Morgan fingerprint density at radius 2 is 1.81 bits per heavy atom. The maximum absolute atomic E-state index is 11.9. The number of ketones is 1. The summed E-state index contributed by atoms with van der Waals surface area (Å²) >= 11 is 0. The number of methoxy groups -OCH3 is 3. The van der Waals surface area contributed by atoms with Crippen molar-refractivity contribution in [1.82, 2.24) is 19.6 Å². The highest BCUT2D eigenvalue weighted by atomic mass is 16.5. The van der Waals surface area contributed by atoms with Gasteiger partial charge < -0.3 is 19.5 Å². The molecule has 0 aliphatic carbocycles. The lowest BCUT2D eigenvalue weighted by atomic mass is 10.0. The van der Waals surface area contributed by atoms with E-state index in [-0.39, 0.29) is 0 Å². The van der Waals surface area contributed by atoms with Crippen molar-refractivity contribution in [3.8, 4) is 17.2 Å². The second-order valence-corrected chi connectivity index (χ2v) is 8.25. The average Bonchev–Trinajstić information content (AvgIpc) is 3.16. The van der Waals surface area contributed by atoms with Crippen molar-refractivity contribution in [2.45, 2.75) is 52.9 Å². The van der Waals surface area contributed by atoms with Gasteiger partial charge in [0.15, 0.2) is 17.3 Å². The molecule has 0 amide bonds. The number of carbonyl (C=O) groups excluding carboxylic acids is 1. The predicted molar refractivity (Wildman–Crippen MR) is 124 cm³/mol. The molecule has 0 bridgehead atoms. The molecule has 9 nitrogen and oxygen atoms in total. The van der Waals surface area contributed by atoms with Gasteiger partial charge in [-0.2, -0.15) is 0 Å². The highest BCUT2D eigenvalue weighted by Gasteiger charge is 2.22. The number of aryl methyl sites for hydroxylation is 1. The summed E-state index contributed by atoms with van der Waals surface area (Å²) in [7, 11) is 4.73. The number of hydrogen-bond acceptors (Lipinski definition) is 8. The Kier molecular flexibility index (Phi) is 7.71. The van der Waals surface area contributed by atoms with Crippen LogP contribution in [0.15, 0.2) is 6.07 Å². The Morgan fingerprint density at radius 1 is 1.06 bits per heavy atom. The molecule has 0 aliphatic heterocycles. The minimum atomic E-state index is 0.348. The number of aromatic nitrogens is 4. The first-order valence-corrected chi connectivity index (χ1v) is 11.0. The molecule has 0 aliphatic rings. The maximum atomic E-state index is 11.9. The lowest BCUT2D eigenvalue weighted by molar-refractivity contribution is -0.119. The van der Waals surface area contributed by atoms with E-state index in [2.05, 4.69) is 29.4 Å². The monoisotopic (exact) mass is 443 g/mol. The molecule has 32 heavy (non-hydrogen) atoms. The van der Waals surface area contributed by atoms with E-state index in [1.165, 1.54) is 0 Å². The first-order chi connectivity index (χ1) is 15.4. The van der Waals surface area contributed by atoms with Gasteiger partial charge in [0, 0.05) is 25.5 Å². The van der Waals surface area contributed by atoms with E-state index in [0.29, 0.717) is 65.3 Å². The third-order valence-corrected chi connectivity index (χ3v) is 5.35. The molecule has 9 heteroatoms. The SMILES string of the molecule is COc1cc2c(nc(NCCCCCC(=O)CC(C)C)c3nnc(C)n32)c(OC)c1OC. The van der Waals surface area contributed by atoms with E-state index in [0.717, 1.165) is 30.6 Å². The number of unbranched alkanes of at least 4 members (excludes halogenated alkanes) is 2. The molecule has 3 aromatic rings. The summed E-state index contributed by atoms with van der Waals surface area (Å²) in [4.78, 5) is 16.7. The molecule has 3 rings (SSSR count). The van der Waals surface area contributed by atoms with Crippen molar-refractivity contribution in [3.05, 3.63) is 11.9 Å². The van der Waals surface area contributed by atoms with Gasteiger partial charge in [-0.1, -0.05) is 20.3 Å². The minimum absolute atomic E-state index is 0.348. The second kappa shape index (κ2) is 10.5. The van der Waals surface area contributed by atoms with E-state index in [4.69, 9.17) is 19.2 Å². The van der Waals surface area contributed by atoms with Crippen molar-refractivity contribution < 1.29 is 19.0 Å². The molecule has 1 N–H and O–H groups in total. The molecule has 0 spiro atoms. The zero-order chi connectivity index (χ0) is 23.3. The summed E-state index contributed by atoms with van der Waals surface area (Å²) < 4.78 is 18.6. The summed E-state index contributed by atoms with van der Waals surface area (Å²) in [5.41, 5.74) is 2.03. The summed E-state index contributed by atoms with van der Waals surface area (Å²) in [5, 5.41) is 11.9. The Morgan fingerprint density at radius 3 is 2.47 bits per heavy atom. The van der Waals surface area contributed by atoms with Crippen molar-refractivity contribution in [1.29, 1.82) is 0 Å². The van der Waals surface area contributed by atoms with Gasteiger partial charge in [-0.25, -0.2) is 4.98 Å². The van der Waals surface area contributed by atoms with E-state index in [9.17, 15) is 4.79 Å². The molecular formula is C23H33N5O4. The van der Waals surface area contributed by atoms with Crippen molar-refractivity contribution in [2.75, 3.05) is 33.2 Å². The molecule has 0 radical (unpaired) electrons. The molecule has 174 valence electrons. The van der Waals surface area contributed by atoms with Crippen LogP contribution in [0.4, 0.5) is 5.82 Å². The van der Waals surface area contributed by atoms with Crippen molar-refractivity contribution in [2.24, 2.45) is 5.92 Å².